The molecule has 6 heteroatoms. The fourth-order valence-corrected chi connectivity index (χ4v) is 2.90. The standard InChI is InChI=1S/C21H19BrN2O3/c1-15(16-7-9-18(22)10-8-16)23-20(25)14-27-21(26)17-5-4-6-19(13-17)24-11-2-3-12-24/h2-13,15H,14H2,1H3,(H,23,25). The van der Waals surface area contributed by atoms with Crippen molar-refractivity contribution in [3.8, 4) is 5.69 Å². The molecule has 3 rings (SSSR count). The van der Waals surface area contributed by atoms with Crippen LogP contribution in [0.2, 0.25) is 0 Å². The van der Waals surface area contributed by atoms with Crippen molar-refractivity contribution in [1.82, 2.24) is 9.88 Å². The molecule has 0 spiro atoms. The molecule has 0 fully saturated rings. The fourth-order valence-electron chi connectivity index (χ4n) is 2.63. The third-order valence-corrected chi connectivity index (χ3v) is 4.59. The highest BCUT2D eigenvalue weighted by Gasteiger charge is 2.13. The first-order chi connectivity index (χ1) is 13.0. The zero-order valence-corrected chi connectivity index (χ0v) is 16.3. The average Bonchev–Trinajstić information content (AvgIpc) is 3.21. The van der Waals surface area contributed by atoms with E-state index < -0.39 is 5.97 Å². The Labute approximate surface area is 166 Å². The summed E-state index contributed by atoms with van der Waals surface area (Å²) in [5.74, 6) is -0.879. The quantitative estimate of drug-likeness (QED) is 0.598. The maximum absolute atomic E-state index is 12.2. The number of hydrogen-bond donors (Lipinski definition) is 1. The molecule has 2 aromatic carbocycles. The van der Waals surface area contributed by atoms with Crippen molar-refractivity contribution in [2.75, 3.05) is 6.61 Å². The second kappa shape index (κ2) is 8.68. The summed E-state index contributed by atoms with van der Waals surface area (Å²) < 4.78 is 8.02. The second-order valence-corrected chi connectivity index (χ2v) is 6.97. The number of carbonyl (C=O) groups excluding carboxylic acids is 2. The van der Waals surface area contributed by atoms with E-state index >= 15 is 0 Å². The van der Waals surface area contributed by atoms with Crippen LogP contribution in [0.1, 0.15) is 28.9 Å². The third kappa shape index (κ3) is 5.08. The Hall–Kier alpha value is -2.86. The van der Waals surface area contributed by atoms with Gasteiger partial charge in [0.1, 0.15) is 0 Å². The lowest BCUT2D eigenvalue weighted by atomic mass is 10.1. The number of rotatable bonds is 6. The Morgan fingerprint density at radius 1 is 1.07 bits per heavy atom. The average molecular weight is 427 g/mol. The molecule has 1 N–H and O–H groups in total. The number of halogens is 1. The lowest BCUT2D eigenvalue weighted by molar-refractivity contribution is -0.124. The minimum absolute atomic E-state index is 0.179. The van der Waals surface area contributed by atoms with Crippen LogP contribution in [0.25, 0.3) is 5.69 Å². The first kappa shape index (κ1) is 18.9. The van der Waals surface area contributed by atoms with Crippen molar-refractivity contribution >= 4 is 27.8 Å². The van der Waals surface area contributed by atoms with Crippen molar-refractivity contribution in [3.05, 3.63) is 88.7 Å². The summed E-state index contributed by atoms with van der Waals surface area (Å²) >= 11 is 3.38. The molecule has 0 aliphatic rings. The number of benzene rings is 2. The van der Waals surface area contributed by atoms with E-state index in [1.54, 1.807) is 18.2 Å². The number of nitrogens with zero attached hydrogens (tertiary/aromatic N) is 1. The predicted octanol–water partition coefficient (Wildman–Crippen LogP) is 4.27. The molecular formula is C21H19BrN2O3. The van der Waals surface area contributed by atoms with Crippen LogP contribution in [0.4, 0.5) is 0 Å². The molecule has 1 heterocycles. The summed E-state index contributed by atoms with van der Waals surface area (Å²) in [7, 11) is 0. The molecule has 0 bridgehead atoms. The van der Waals surface area contributed by atoms with E-state index in [2.05, 4.69) is 21.2 Å². The third-order valence-electron chi connectivity index (χ3n) is 4.07. The van der Waals surface area contributed by atoms with Gasteiger partial charge in [-0.2, -0.15) is 0 Å². The fraction of sp³-hybridized carbons (Fsp3) is 0.143. The molecule has 0 saturated carbocycles. The Balaban J connectivity index is 1.55. The molecule has 3 aromatic rings. The molecule has 5 nitrogen and oxygen atoms in total. The number of nitrogens with one attached hydrogen (secondary N) is 1. The molecule has 1 amide bonds. The van der Waals surface area contributed by atoms with E-state index in [4.69, 9.17) is 4.74 Å². The van der Waals surface area contributed by atoms with Gasteiger partial charge in [-0.1, -0.05) is 34.1 Å². The lowest BCUT2D eigenvalue weighted by Crippen LogP contribution is -2.31. The first-order valence-corrected chi connectivity index (χ1v) is 9.27. The molecule has 0 radical (unpaired) electrons. The molecule has 0 saturated heterocycles. The molecule has 138 valence electrons. The van der Waals surface area contributed by atoms with Crippen LogP contribution in [-0.2, 0) is 9.53 Å². The van der Waals surface area contributed by atoms with Gasteiger partial charge in [0.25, 0.3) is 5.91 Å². The zero-order chi connectivity index (χ0) is 19.2. The van der Waals surface area contributed by atoms with E-state index in [9.17, 15) is 9.59 Å². The maximum Gasteiger partial charge on any atom is 0.338 e. The van der Waals surface area contributed by atoms with E-state index in [1.165, 1.54) is 0 Å². The SMILES string of the molecule is CC(NC(=O)COC(=O)c1cccc(-n2cccc2)c1)c1ccc(Br)cc1. The van der Waals surface area contributed by atoms with Crippen LogP contribution in [-0.4, -0.2) is 23.1 Å². The molecule has 1 unspecified atom stereocenters. The van der Waals surface area contributed by atoms with Crippen LogP contribution in [0, 0.1) is 0 Å². The summed E-state index contributed by atoms with van der Waals surface area (Å²) in [5.41, 5.74) is 2.22. The highest BCUT2D eigenvalue weighted by atomic mass is 79.9. The molecule has 27 heavy (non-hydrogen) atoms. The number of aromatic nitrogens is 1. The van der Waals surface area contributed by atoms with Gasteiger partial charge in [-0.05, 0) is 55.0 Å². The number of amides is 1. The highest BCUT2D eigenvalue weighted by Crippen LogP contribution is 2.16. The number of esters is 1. The van der Waals surface area contributed by atoms with E-state index in [-0.39, 0.29) is 18.6 Å². The van der Waals surface area contributed by atoms with Crippen molar-refractivity contribution < 1.29 is 14.3 Å². The van der Waals surface area contributed by atoms with Crippen LogP contribution in [0.3, 0.4) is 0 Å². The van der Waals surface area contributed by atoms with Gasteiger partial charge >= 0.3 is 5.97 Å². The number of ether oxygens (including phenoxy) is 1. The van der Waals surface area contributed by atoms with Gasteiger partial charge in [0.2, 0.25) is 0 Å². The van der Waals surface area contributed by atoms with Gasteiger partial charge in [-0.3, -0.25) is 4.79 Å². The minimum atomic E-state index is -0.532. The van der Waals surface area contributed by atoms with Crippen LogP contribution < -0.4 is 5.32 Å². The van der Waals surface area contributed by atoms with Gasteiger partial charge in [-0.15, -0.1) is 0 Å². The van der Waals surface area contributed by atoms with Gasteiger partial charge in [0.05, 0.1) is 11.6 Å². The number of carbonyl (C=O) groups is 2. The van der Waals surface area contributed by atoms with Crippen molar-refractivity contribution in [2.45, 2.75) is 13.0 Å². The Morgan fingerprint density at radius 3 is 2.48 bits per heavy atom. The summed E-state index contributed by atoms with van der Waals surface area (Å²) in [6.45, 7) is 1.55. The van der Waals surface area contributed by atoms with E-state index in [1.807, 2.05) is 66.3 Å². The van der Waals surface area contributed by atoms with Gasteiger partial charge in [0, 0.05) is 22.6 Å². The van der Waals surface area contributed by atoms with E-state index in [0.717, 1.165) is 15.7 Å². The Bertz CT molecular complexity index is 921. The lowest BCUT2D eigenvalue weighted by Gasteiger charge is -2.14. The monoisotopic (exact) mass is 426 g/mol. The molecule has 1 aromatic heterocycles. The van der Waals surface area contributed by atoms with Gasteiger partial charge in [0.15, 0.2) is 6.61 Å². The predicted molar refractivity (Wildman–Crippen MR) is 107 cm³/mol. The van der Waals surface area contributed by atoms with Gasteiger partial charge in [-0.25, -0.2) is 4.79 Å². The van der Waals surface area contributed by atoms with Crippen molar-refractivity contribution in [3.63, 3.8) is 0 Å². The van der Waals surface area contributed by atoms with Crippen molar-refractivity contribution in [1.29, 1.82) is 0 Å². The molecular weight excluding hydrogens is 408 g/mol. The van der Waals surface area contributed by atoms with Crippen LogP contribution in [0.5, 0.6) is 0 Å². The van der Waals surface area contributed by atoms with Gasteiger partial charge < -0.3 is 14.6 Å². The summed E-state index contributed by atoms with van der Waals surface area (Å²) in [6.07, 6.45) is 3.78. The van der Waals surface area contributed by atoms with E-state index in [0.29, 0.717) is 5.56 Å². The molecule has 1 atom stereocenters. The normalized spacial score (nSPS) is 11.6. The highest BCUT2D eigenvalue weighted by molar-refractivity contribution is 9.10. The Morgan fingerprint density at radius 2 is 1.78 bits per heavy atom. The maximum atomic E-state index is 12.2. The summed E-state index contributed by atoms with van der Waals surface area (Å²) in [5, 5.41) is 2.82. The Kier molecular flexibility index (Phi) is 6.08. The first-order valence-electron chi connectivity index (χ1n) is 8.48. The summed E-state index contributed by atoms with van der Waals surface area (Å²) in [4.78, 5) is 24.3. The topological polar surface area (TPSA) is 60.3 Å². The number of hydrogen-bond acceptors (Lipinski definition) is 3. The molecule has 0 aliphatic carbocycles. The zero-order valence-electron chi connectivity index (χ0n) is 14.8. The van der Waals surface area contributed by atoms with Crippen LogP contribution >= 0.6 is 15.9 Å². The summed E-state index contributed by atoms with van der Waals surface area (Å²) in [6, 6.07) is 18.4. The van der Waals surface area contributed by atoms with Crippen molar-refractivity contribution in [2.24, 2.45) is 0 Å². The van der Waals surface area contributed by atoms with Crippen LogP contribution in [0.15, 0.2) is 77.5 Å². The second-order valence-electron chi connectivity index (χ2n) is 6.06. The largest absolute Gasteiger partial charge is 0.452 e. The minimum Gasteiger partial charge on any atom is -0.452 e. The molecule has 0 aliphatic heterocycles. The smallest absolute Gasteiger partial charge is 0.338 e.